The summed E-state index contributed by atoms with van der Waals surface area (Å²) in [6.07, 6.45) is 0.0304. The monoisotopic (exact) mass is 707 g/mol. The van der Waals surface area contributed by atoms with Gasteiger partial charge in [-0.1, -0.05) is 70.2 Å². The number of carboxylic acid groups (broad SMARTS) is 1. The number of nitrogens with one attached hydrogen (secondary N) is 4. The fraction of sp³-hybridized carbons (Fsp3) is 0.472. The summed E-state index contributed by atoms with van der Waals surface area (Å²) in [6.45, 7) is 8.87. The molecule has 0 aromatic heterocycles. The second-order valence-electron chi connectivity index (χ2n) is 13.6. The van der Waals surface area contributed by atoms with Crippen LogP contribution in [0.3, 0.4) is 0 Å². The van der Waals surface area contributed by atoms with Gasteiger partial charge in [0.1, 0.15) is 23.7 Å². The van der Waals surface area contributed by atoms with Gasteiger partial charge in [0.2, 0.25) is 29.5 Å². The number of likely N-dealkylation sites (tertiary alicyclic amines) is 1. The minimum atomic E-state index is -1.60. The lowest BCUT2D eigenvalue weighted by molar-refractivity contribution is -0.148. The molecule has 1 aliphatic heterocycles. The van der Waals surface area contributed by atoms with Crippen LogP contribution in [0.15, 0.2) is 48.5 Å². The van der Waals surface area contributed by atoms with Crippen molar-refractivity contribution in [1.82, 2.24) is 20.9 Å². The van der Waals surface area contributed by atoms with Gasteiger partial charge in [-0.25, -0.2) is 4.79 Å². The molecule has 15 heteroatoms. The summed E-state index contributed by atoms with van der Waals surface area (Å²) in [6, 6.07) is 9.00. The smallest absolute Gasteiger partial charge is 0.316 e. The van der Waals surface area contributed by atoms with Crippen LogP contribution in [-0.4, -0.2) is 76.2 Å². The van der Waals surface area contributed by atoms with Crippen molar-refractivity contribution in [2.75, 3.05) is 11.9 Å². The lowest BCUT2D eigenvalue weighted by Gasteiger charge is -2.39. The van der Waals surface area contributed by atoms with E-state index in [1.54, 1.807) is 63.2 Å². The van der Waals surface area contributed by atoms with Crippen molar-refractivity contribution in [3.05, 3.63) is 65.2 Å². The molecule has 2 aromatic rings. The van der Waals surface area contributed by atoms with Crippen molar-refractivity contribution < 1.29 is 38.7 Å². The SMILES string of the molecule is Cc1cc([C@]2(C(N)=O)CCCN2C(=O)[C@@H](NC(=O)[C@H](CC(=O)O)NC(=O)[C@H](CC(C)C)NC(=O)Cc2ccccc2)C(C)C)ccc1NC(N)=O. The predicted octanol–water partition coefficient (Wildman–Crippen LogP) is 1.66. The Morgan fingerprint density at radius 1 is 0.882 bits per heavy atom. The van der Waals surface area contributed by atoms with Crippen molar-refractivity contribution in [3.63, 3.8) is 0 Å². The molecule has 1 heterocycles. The molecule has 51 heavy (non-hydrogen) atoms. The van der Waals surface area contributed by atoms with Gasteiger partial charge in [-0.3, -0.25) is 28.8 Å². The number of anilines is 1. The van der Waals surface area contributed by atoms with Gasteiger partial charge in [-0.2, -0.15) is 0 Å². The Morgan fingerprint density at radius 2 is 1.53 bits per heavy atom. The van der Waals surface area contributed by atoms with E-state index < -0.39 is 77.5 Å². The summed E-state index contributed by atoms with van der Waals surface area (Å²) in [5, 5.41) is 19.9. The molecule has 1 saturated heterocycles. The van der Waals surface area contributed by atoms with Crippen LogP contribution in [0.2, 0.25) is 0 Å². The lowest BCUT2D eigenvalue weighted by atomic mass is 9.84. The van der Waals surface area contributed by atoms with E-state index in [2.05, 4.69) is 21.3 Å². The number of hydrogen-bond donors (Lipinski definition) is 7. The van der Waals surface area contributed by atoms with Gasteiger partial charge in [0.05, 0.1) is 12.8 Å². The predicted molar refractivity (Wildman–Crippen MR) is 189 cm³/mol. The summed E-state index contributed by atoms with van der Waals surface area (Å²) < 4.78 is 0. The minimum absolute atomic E-state index is 0.0111. The molecular formula is C36H49N7O8. The maximum atomic E-state index is 14.3. The molecule has 9 N–H and O–H groups in total. The Bertz CT molecular complexity index is 1630. The van der Waals surface area contributed by atoms with Crippen molar-refractivity contribution >= 4 is 47.2 Å². The number of nitrogens with two attached hydrogens (primary N) is 2. The van der Waals surface area contributed by atoms with Crippen LogP contribution in [0.4, 0.5) is 10.5 Å². The van der Waals surface area contributed by atoms with Crippen LogP contribution >= 0.6 is 0 Å². The minimum Gasteiger partial charge on any atom is -0.481 e. The summed E-state index contributed by atoms with van der Waals surface area (Å²) in [5.74, 6) is -5.50. The molecule has 2 aromatic carbocycles. The maximum Gasteiger partial charge on any atom is 0.316 e. The van der Waals surface area contributed by atoms with Gasteiger partial charge in [0.25, 0.3) is 0 Å². The van der Waals surface area contributed by atoms with E-state index in [-0.39, 0.29) is 31.7 Å². The van der Waals surface area contributed by atoms with E-state index in [0.717, 1.165) is 5.56 Å². The third-order valence-electron chi connectivity index (χ3n) is 8.83. The molecule has 4 atom stereocenters. The number of aryl methyl sites for hydroxylation is 1. The van der Waals surface area contributed by atoms with E-state index in [0.29, 0.717) is 23.2 Å². The fourth-order valence-corrected chi connectivity index (χ4v) is 6.33. The fourth-order valence-electron chi connectivity index (χ4n) is 6.33. The third kappa shape index (κ3) is 10.3. The molecule has 0 radical (unpaired) electrons. The van der Waals surface area contributed by atoms with E-state index in [1.165, 1.54) is 4.90 Å². The number of amides is 7. The summed E-state index contributed by atoms with van der Waals surface area (Å²) in [5.41, 5.74) is 11.8. The standard InChI is InChI=1S/C36H49N7O8/c1-20(2)16-26(39-28(44)18-23-10-7-6-8-11-23)31(47)40-27(19-29(45)46)32(48)42-30(21(3)4)33(49)43-15-9-14-36(43,34(37)50)24-12-13-25(22(5)17-24)41-35(38)51/h6-8,10-13,17,20-21,26-27,30H,9,14-16,18-19H2,1-5H3,(H2,37,50)(H,39,44)(H,40,47)(H,42,48)(H,45,46)(H3,38,41,51)/t26-,27-,30-,36-/m0/s1. The van der Waals surface area contributed by atoms with Gasteiger partial charge in [-0.15, -0.1) is 0 Å². The Hall–Kier alpha value is -5.47. The number of carbonyl (C=O) groups is 7. The van der Waals surface area contributed by atoms with Gasteiger partial charge in [-0.05, 0) is 60.8 Å². The molecule has 0 spiro atoms. The van der Waals surface area contributed by atoms with Gasteiger partial charge in [0, 0.05) is 12.2 Å². The molecule has 7 amide bonds. The van der Waals surface area contributed by atoms with Crippen molar-refractivity contribution in [2.24, 2.45) is 23.3 Å². The molecule has 1 aliphatic rings. The second-order valence-corrected chi connectivity index (χ2v) is 13.6. The molecule has 0 bridgehead atoms. The number of urea groups is 1. The number of aliphatic carboxylic acids is 1. The first-order chi connectivity index (χ1) is 24.0. The first-order valence-electron chi connectivity index (χ1n) is 16.9. The maximum absolute atomic E-state index is 14.3. The zero-order valence-electron chi connectivity index (χ0n) is 29.7. The highest BCUT2D eigenvalue weighted by Crippen LogP contribution is 2.41. The number of primary amides is 2. The van der Waals surface area contributed by atoms with Crippen LogP contribution in [0.5, 0.6) is 0 Å². The number of carbonyl (C=O) groups excluding carboxylic acids is 6. The topological polar surface area (TPSA) is 243 Å². The van der Waals surface area contributed by atoms with E-state index in [4.69, 9.17) is 11.5 Å². The second kappa shape index (κ2) is 17.5. The number of rotatable bonds is 16. The van der Waals surface area contributed by atoms with Crippen LogP contribution in [0.1, 0.15) is 70.1 Å². The summed E-state index contributed by atoms with van der Waals surface area (Å²) in [4.78, 5) is 92.1. The third-order valence-corrected chi connectivity index (χ3v) is 8.83. The van der Waals surface area contributed by atoms with Gasteiger partial charge < -0.3 is 42.7 Å². The van der Waals surface area contributed by atoms with Crippen molar-refractivity contribution in [3.8, 4) is 0 Å². The number of benzene rings is 2. The normalized spacial score (nSPS) is 17.3. The molecule has 0 unspecified atom stereocenters. The largest absolute Gasteiger partial charge is 0.481 e. The van der Waals surface area contributed by atoms with Crippen LogP contribution in [0.25, 0.3) is 0 Å². The summed E-state index contributed by atoms with van der Waals surface area (Å²) in [7, 11) is 0. The Labute approximate surface area is 297 Å². The van der Waals surface area contributed by atoms with E-state index >= 15 is 0 Å². The van der Waals surface area contributed by atoms with Crippen LogP contribution in [0, 0.1) is 18.8 Å². The van der Waals surface area contributed by atoms with E-state index in [9.17, 15) is 38.7 Å². The van der Waals surface area contributed by atoms with Crippen LogP contribution in [-0.2, 0) is 40.7 Å². The number of nitrogens with zero attached hydrogens (tertiary/aromatic N) is 1. The first kappa shape index (κ1) is 40.0. The van der Waals surface area contributed by atoms with Gasteiger partial charge in [0.15, 0.2) is 0 Å². The van der Waals surface area contributed by atoms with Crippen molar-refractivity contribution in [1.29, 1.82) is 0 Å². The number of hydrogen-bond acceptors (Lipinski definition) is 7. The average molecular weight is 708 g/mol. The Kier molecular flexibility index (Phi) is 13.7. The van der Waals surface area contributed by atoms with E-state index in [1.807, 2.05) is 19.9 Å². The Balaban J connectivity index is 1.86. The quantitative estimate of drug-likeness (QED) is 0.135. The molecule has 15 nitrogen and oxygen atoms in total. The zero-order chi connectivity index (χ0) is 38.0. The highest BCUT2D eigenvalue weighted by Gasteiger charge is 2.52. The first-order valence-corrected chi connectivity index (χ1v) is 16.9. The van der Waals surface area contributed by atoms with Crippen LogP contribution < -0.4 is 32.7 Å². The number of carboxylic acids is 1. The highest BCUT2D eigenvalue weighted by atomic mass is 16.4. The van der Waals surface area contributed by atoms with Crippen molar-refractivity contribution in [2.45, 2.75) is 90.4 Å². The zero-order valence-corrected chi connectivity index (χ0v) is 29.7. The molecule has 276 valence electrons. The molecule has 0 aliphatic carbocycles. The molecule has 0 saturated carbocycles. The Morgan fingerprint density at radius 3 is 2.08 bits per heavy atom. The highest BCUT2D eigenvalue weighted by molar-refractivity contribution is 5.98. The lowest BCUT2D eigenvalue weighted by Crippen LogP contribution is -2.62. The summed E-state index contributed by atoms with van der Waals surface area (Å²) >= 11 is 0. The average Bonchev–Trinajstić information content (AvgIpc) is 3.50. The molecular weight excluding hydrogens is 658 g/mol. The molecule has 3 rings (SSSR count). The molecule has 1 fully saturated rings. The van der Waals surface area contributed by atoms with Gasteiger partial charge >= 0.3 is 12.0 Å².